The number of nitrogens with one attached hydrogen (secondary N) is 2. The van der Waals surface area contributed by atoms with Gasteiger partial charge in [-0.3, -0.25) is 9.97 Å². The van der Waals surface area contributed by atoms with Crippen LogP contribution < -0.4 is 15.5 Å². The zero-order valence-corrected chi connectivity index (χ0v) is 18.9. The van der Waals surface area contributed by atoms with E-state index in [1.54, 1.807) is 24.8 Å². The van der Waals surface area contributed by atoms with Crippen molar-refractivity contribution in [1.82, 2.24) is 19.9 Å². The number of rotatable bonds is 5. The number of aromatic nitrogens is 4. The summed E-state index contributed by atoms with van der Waals surface area (Å²) >= 11 is 3.38. The Bertz CT molecular complexity index is 1020. The number of benzene rings is 1. The second-order valence-corrected chi connectivity index (χ2v) is 8.99. The highest BCUT2D eigenvalue weighted by atomic mass is 79.9. The van der Waals surface area contributed by atoms with Crippen molar-refractivity contribution in [3.8, 4) is 0 Å². The van der Waals surface area contributed by atoms with Crippen LogP contribution in [0.4, 0.5) is 17.3 Å². The third-order valence-corrected chi connectivity index (χ3v) is 6.38. The van der Waals surface area contributed by atoms with Crippen molar-refractivity contribution < 1.29 is 4.74 Å². The Morgan fingerprint density at radius 1 is 0.871 bits per heavy atom. The quantitative estimate of drug-likeness (QED) is 0.565. The van der Waals surface area contributed by atoms with Gasteiger partial charge in [0, 0.05) is 55.6 Å². The van der Waals surface area contributed by atoms with Crippen LogP contribution >= 0.6 is 15.9 Å². The molecule has 2 fully saturated rings. The fourth-order valence-electron chi connectivity index (χ4n) is 4.35. The molecule has 9 heteroatoms. The number of hydrogen-bond donors (Lipinski definition) is 2. The summed E-state index contributed by atoms with van der Waals surface area (Å²) < 4.78 is 6.41. The number of nitrogens with zero attached hydrogens (tertiary/aromatic N) is 5. The van der Waals surface area contributed by atoms with E-state index in [-0.39, 0.29) is 0 Å². The van der Waals surface area contributed by atoms with Gasteiger partial charge in [-0.05, 0) is 53.7 Å². The van der Waals surface area contributed by atoms with Gasteiger partial charge >= 0.3 is 0 Å². The maximum Gasteiger partial charge on any atom is 0.222 e. The molecule has 5 rings (SSSR count). The van der Waals surface area contributed by atoms with Gasteiger partial charge in [0.2, 0.25) is 5.95 Å². The van der Waals surface area contributed by atoms with E-state index in [0.717, 1.165) is 73.2 Å². The van der Waals surface area contributed by atoms with Gasteiger partial charge in [-0.15, -0.1) is 0 Å². The van der Waals surface area contributed by atoms with E-state index >= 15 is 0 Å². The first-order valence-electron chi connectivity index (χ1n) is 10.8. The van der Waals surface area contributed by atoms with Gasteiger partial charge in [0.05, 0.1) is 28.9 Å². The Hall–Kier alpha value is -2.52. The van der Waals surface area contributed by atoms with E-state index in [4.69, 9.17) is 4.74 Å². The summed E-state index contributed by atoms with van der Waals surface area (Å²) in [6.45, 7) is 3.33. The van der Waals surface area contributed by atoms with Crippen LogP contribution in [0.15, 0.2) is 41.4 Å². The molecule has 1 aliphatic heterocycles. The molecule has 1 aromatic carbocycles. The Balaban J connectivity index is 1.27. The van der Waals surface area contributed by atoms with Crippen molar-refractivity contribution in [2.24, 2.45) is 0 Å². The molecule has 0 amide bonds. The highest BCUT2D eigenvalue weighted by molar-refractivity contribution is 9.10. The van der Waals surface area contributed by atoms with Crippen LogP contribution in [0.1, 0.15) is 25.7 Å². The predicted molar refractivity (Wildman–Crippen MR) is 126 cm³/mol. The molecule has 3 heterocycles. The normalized spacial score (nSPS) is 21.8. The Morgan fingerprint density at radius 3 is 2.29 bits per heavy atom. The molecule has 1 saturated heterocycles. The Kier molecular flexibility index (Phi) is 6.13. The molecule has 3 aromatic rings. The summed E-state index contributed by atoms with van der Waals surface area (Å²) in [5, 5.41) is 7.23. The number of anilines is 3. The predicted octanol–water partition coefficient (Wildman–Crippen LogP) is 3.85. The minimum absolute atomic E-state index is 0.399. The molecular formula is C22H26BrN7O. The number of fused-ring (bicyclic) bond motifs is 1. The summed E-state index contributed by atoms with van der Waals surface area (Å²) in [6.07, 6.45) is 11.4. The fraction of sp³-hybridized carbons (Fsp3) is 0.455. The van der Waals surface area contributed by atoms with Gasteiger partial charge in [-0.25, -0.2) is 9.97 Å². The highest BCUT2D eigenvalue weighted by Crippen LogP contribution is 2.31. The topological polar surface area (TPSA) is 88.1 Å². The standard InChI is InChI=1S/C22H26BrN7O/c23-15-13-26-22(27-14-15)29-17-3-1-16(2-4-17)28-20-12-18(30-7-9-31-10-8-30)11-19-21(20)25-6-5-24-19/h5-6,11-14,16-17,28H,1-4,7-10H2,(H,26,27,29). The SMILES string of the molecule is Brc1cnc(NC2CCC(Nc3cc(N4CCOCC4)cc4nccnc34)CC2)nc1. The average Bonchev–Trinajstić information content (AvgIpc) is 2.82. The van der Waals surface area contributed by atoms with Crippen LogP contribution in [0.2, 0.25) is 0 Å². The minimum Gasteiger partial charge on any atom is -0.380 e. The summed E-state index contributed by atoms with van der Waals surface area (Å²) in [6, 6.07) is 5.17. The molecule has 2 aromatic heterocycles. The molecule has 0 spiro atoms. The molecule has 2 aliphatic rings. The summed E-state index contributed by atoms with van der Waals surface area (Å²) in [5.74, 6) is 0.694. The number of ether oxygens (including phenoxy) is 1. The lowest BCUT2D eigenvalue weighted by molar-refractivity contribution is 0.122. The number of hydrogen-bond acceptors (Lipinski definition) is 8. The van der Waals surface area contributed by atoms with Gasteiger partial charge < -0.3 is 20.3 Å². The second kappa shape index (κ2) is 9.32. The molecule has 1 aliphatic carbocycles. The lowest BCUT2D eigenvalue weighted by atomic mass is 9.91. The third-order valence-electron chi connectivity index (χ3n) is 5.98. The Labute approximate surface area is 190 Å². The van der Waals surface area contributed by atoms with Crippen LogP contribution in [-0.2, 0) is 4.74 Å². The van der Waals surface area contributed by atoms with Gasteiger partial charge in [0.15, 0.2) is 0 Å². The van der Waals surface area contributed by atoms with E-state index < -0.39 is 0 Å². The van der Waals surface area contributed by atoms with E-state index in [0.29, 0.717) is 18.0 Å². The molecule has 0 unspecified atom stereocenters. The molecule has 1 saturated carbocycles. The van der Waals surface area contributed by atoms with Crippen LogP contribution in [0.3, 0.4) is 0 Å². The maximum atomic E-state index is 5.52. The van der Waals surface area contributed by atoms with Crippen LogP contribution in [-0.4, -0.2) is 58.3 Å². The summed E-state index contributed by atoms with van der Waals surface area (Å²) in [4.78, 5) is 20.2. The van der Waals surface area contributed by atoms with Gasteiger partial charge in [0.25, 0.3) is 0 Å². The largest absolute Gasteiger partial charge is 0.380 e. The second-order valence-electron chi connectivity index (χ2n) is 8.08. The zero-order chi connectivity index (χ0) is 21.0. The van der Waals surface area contributed by atoms with Crippen molar-refractivity contribution in [2.45, 2.75) is 37.8 Å². The first-order chi connectivity index (χ1) is 15.2. The average molecular weight is 484 g/mol. The fourth-order valence-corrected chi connectivity index (χ4v) is 4.55. The van der Waals surface area contributed by atoms with Crippen molar-refractivity contribution in [3.05, 3.63) is 41.4 Å². The van der Waals surface area contributed by atoms with Crippen molar-refractivity contribution >= 4 is 44.3 Å². The molecule has 162 valence electrons. The van der Waals surface area contributed by atoms with Crippen molar-refractivity contribution in [3.63, 3.8) is 0 Å². The molecule has 0 atom stereocenters. The van der Waals surface area contributed by atoms with E-state index in [1.807, 2.05) is 0 Å². The summed E-state index contributed by atoms with van der Waals surface area (Å²) in [5.41, 5.74) is 4.11. The monoisotopic (exact) mass is 483 g/mol. The molecule has 0 bridgehead atoms. The van der Waals surface area contributed by atoms with Gasteiger partial charge in [-0.1, -0.05) is 0 Å². The van der Waals surface area contributed by atoms with E-state index in [9.17, 15) is 0 Å². The van der Waals surface area contributed by atoms with Gasteiger partial charge in [-0.2, -0.15) is 0 Å². The van der Waals surface area contributed by atoms with E-state index in [1.165, 1.54) is 5.69 Å². The Morgan fingerprint density at radius 2 is 1.55 bits per heavy atom. The van der Waals surface area contributed by atoms with Gasteiger partial charge in [0.1, 0.15) is 5.52 Å². The highest BCUT2D eigenvalue weighted by Gasteiger charge is 2.23. The lowest BCUT2D eigenvalue weighted by Crippen LogP contribution is -2.36. The molecular weight excluding hydrogens is 458 g/mol. The molecule has 31 heavy (non-hydrogen) atoms. The first-order valence-corrected chi connectivity index (χ1v) is 11.6. The zero-order valence-electron chi connectivity index (χ0n) is 17.3. The van der Waals surface area contributed by atoms with Crippen molar-refractivity contribution in [1.29, 1.82) is 0 Å². The maximum absolute atomic E-state index is 5.52. The lowest BCUT2D eigenvalue weighted by Gasteiger charge is -2.32. The van der Waals surface area contributed by atoms with E-state index in [2.05, 4.69) is 63.5 Å². The van der Waals surface area contributed by atoms with Crippen LogP contribution in [0, 0.1) is 0 Å². The minimum atomic E-state index is 0.399. The number of halogens is 1. The van der Waals surface area contributed by atoms with Crippen LogP contribution in [0.5, 0.6) is 0 Å². The first kappa shape index (κ1) is 20.4. The smallest absolute Gasteiger partial charge is 0.222 e. The summed E-state index contributed by atoms with van der Waals surface area (Å²) in [7, 11) is 0. The van der Waals surface area contributed by atoms with Crippen LogP contribution in [0.25, 0.3) is 11.0 Å². The molecule has 2 N–H and O–H groups in total. The van der Waals surface area contributed by atoms with Crippen molar-refractivity contribution in [2.75, 3.05) is 41.8 Å². The number of morpholine rings is 1. The molecule has 0 radical (unpaired) electrons. The third kappa shape index (κ3) is 4.88. The molecule has 8 nitrogen and oxygen atoms in total.